The first kappa shape index (κ1) is 14.9. The van der Waals surface area contributed by atoms with E-state index in [4.69, 9.17) is 11.6 Å². The molecule has 1 aromatic carbocycles. The van der Waals surface area contributed by atoms with E-state index in [1.807, 2.05) is 32.9 Å². The van der Waals surface area contributed by atoms with Crippen LogP contribution in [0.25, 0.3) is 0 Å². The average Bonchev–Trinajstić information content (AvgIpc) is 2.38. The van der Waals surface area contributed by atoms with Gasteiger partial charge in [-0.25, -0.2) is 4.39 Å². The van der Waals surface area contributed by atoms with Gasteiger partial charge in [-0.1, -0.05) is 18.5 Å². The van der Waals surface area contributed by atoms with Crippen molar-refractivity contribution in [2.75, 3.05) is 6.54 Å². The summed E-state index contributed by atoms with van der Waals surface area (Å²) in [6.45, 7) is 6.68. The van der Waals surface area contributed by atoms with Crippen LogP contribution in [0.5, 0.6) is 0 Å². The molecule has 20 heavy (non-hydrogen) atoms. The summed E-state index contributed by atoms with van der Waals surface area (Å²) in [5.41, 5.74) is 3.67. The Morgan fingerprint density at radius 3 is 2.45 bits per heavy atom. The van der Waals surface area contributed by atoms with E-state index in [0.29, 0.717) is 5.02 Å². The molecule has 0 saturated carbocycles. The van der Waals surface area contributed by atoms with Gasteiger partial charge in [-0.15, -0.1) is 0 Å². The second-order valence-electron chi connectivity index (χ2n) is 4.84. The zero-order valence-corrected chi connectivity index (χ0v) is 12.6. The quantitative estimate of drug-likeness (QED) is 0.914. The van der Waals surface area contributed by atoms with E-state index in [0.717, 1.165) is 29.1 Å². The van der Waals surface area contributed by atoms with Crippen molar-refractivity contribution in [1.82, 2.24) is 10.3 Å². The number of halogens is 2. The van der Waals surface area contributed by atoms with Gasteiger partial charge in [0.15, 0.2) is 0 Å². The minimum Gasteiger partial charge on any atom is -0.306 e. The highest BCUT2D eigenvalue weighted by Crippen LogP contribution is 2.29. The van der Waals surface area contributed by atoms with E-state index >= 15 is 0 Å². The van der Waals surface area contributed by atoms with Gasteiger partial charge in [0.2, 0.25) is 0 Å². The van der Waals surface area contributed by atoms with Crippen LogP contribution in [0.1, 0.15) is 35.5 Å². The van der Waals surface area contributed by atoms with Gasteiger partial charge in [0, 0.05) is 16.4 Å². The molecule has 0 aliphatic carbocycles. The van der Waals surface area contributed by atoms with Crippen LogP contribution in [0.2, 0.25) is 5.02 Å². The van der Waals surface area contributed by atoms with Crippen LogP contribution < -0.4 is 5.32 Å². The molecule has 1 N–H and O–H groups in total. The van der Waals surface area contributed by atoms with E-state index in [2.05, 4.69) is 10.3 Å². The number of hydrogen-bond donors (Lipinski definition) is 1. The standard InChI is InChI=1S/C16H18ClFN2/c1-4-19-16(12-7-10(2)20-11(3)8-12)14-9-13(18)5-6-15(14)17/h5-9,16,19H,4H2,1-3H3. The first-order valence-electron chi connectivity index (χ1n) is 6.64. The van der Waals surface area contributed by atoms with Crippen LogP contribution in [-0.4, -0.2) is 11.5 Å². The molecule has 1 heterocycles. The predicted molar refractivity (Wildman–Crippen MR) is 80.6 cm³/mol. The lowest BCUT2D eigenvalue weighted by atomic mass is 9.98. The molecule has 1 unspecified atom stereocenters. The molecular weight excluding hydrogens is 275 g/mol. The Morgan fingerprint density at radius 2 is 1.85 bits per heavy atom. The second-order valence-corrected chi connectivity index (χ2v) is 5.25. The average molecular weight is 293 g/mol. The molecule has 0 spiro atoms. The molecule has 2 aromatic rings. The number of aryl methyl sites for hydroxylation is 2. The van der Waals surface area contributed by atoms with Crippen LogP contribution in [-0.2, 0) is 0 Å². The topological polar surface area (TPSA) is 24.9 Å². The predicted octanol–water partition coefficient (Wildman–Crippen LogP) is 4.19. The van der Waals surface area contributed by atoms with Gasteiger partial charge in [-0.3, -0.25) is 4.98 Å². The fourth-order valence-electron chi connectivity index (χ4n) is 2.38. The van der Waals surface area contributed by atoms with Gasteiger partial charge >= 0.3 is 0 Å². The largest absolute Gasteiger partial charge is 0.306 e. The molecule has 0 aliphatic rings. The summed E-state index contributed by atoms with van der Waals surface area (Å²) < 4.78 is 13.5. The number of benzene rings is 1. The van der Waals surface area contributed by atoms with Crippen molar-refractivity contribution in [2.45, 2.75) is 26.8 Å². The molecular formula is C16H18ClFN2. The lowest BCUT2D eigenvalue weighted by Crippen LogP contribution is -2.23. The lowest BCUT2D eigenvalue weighted by molar-refractivity contribution is 0.602. The molecule has 0 aliphatic heterocycles. The Hall–Kier alpha value is -1.45. The highest BCUT2D eigenvalue weighted by molar-refractivity contribution is 6.31. The van der Waals surface area contributed by atoms with E-state index in [1.54, 1.807) is 6.07 Å². The van der Waals surface area contributed by atoms with E-state index in [-0.39, 0.29) is 11.9 Å². The molecule has 0 radical (unpaired) electrons. The molecule has 0 amide bonds. The fourth-order valence-corrected chi connectivity index (χ4v) is 2.61. The third-order valence-electron chi connectivity index (χ3n) is 3.11. The third kappa shape index (κ3) is 3.35. The highest BCUT2D eigenvalue weighted by Gasteiger charge is 2.17. The Balaban J connectivity index is 2.52. The summed E-state index contributed by atoms with van der Waals surface area (Å²) in [7, 11) is 0. The van der Waals surface area contributed by atoms with Gasteiger partial charge in [-0.2, -0.15) is 0 Å². The summed E-state index contributed by atoms with van der Waals surface area (Å²) in [5.74, 6) is -0.283. The number of nitrogens with zero attached hydrogens (tertiary/aromatic N) is 1. The molecule has 0 saturated heterocycles. The molecule has 106 valence electrons. The molecule has 1 aromatic heterocycles. The van der Waals surface area contributed by atoms with Crippen molar-refractivity contribution >= 4 is 11.6 Å². The Labute approximate surface area is 124 Å². The molecule has 0 fully saturated rings. The van der Waals surface area contributed by atoms with Crippen LogP contribution in [0, 0.1) is 19.7 Å². The van der Waals surface area contributed by atoms with Crippen LogP contribution >= 0.6 is 11.6 Å². The first-order chi connectivity index (χ1) is 9.51. The van der Waals surface area contributed by atoms with Gasteiger partial charge in [0.1, 0.15) is 5.82 Å². The normalized spacial score (nSPS) is 12.4. The monoisotopic (exact) mass is 292 g/mol. The highest BCUT2D eigenvalue weighted by atomic mass is 35.5. The number of rotatable bonds is 4. The number of nitrogens with one attached hydrogen (secondary N) is 1. The van der Waals surface area contributed by atoms with Gasteiger partial charge < -0.3 is 5.32 Å². The Morgan fingerprint density at radius 1 is 1.20 bits per heavy atom. The molecule has 4 heteroatoms. The van der Waals surface area contributed by atoms with Crippen LogP contribution in [0.3, 0.4) is 0 Å². The van der Waals surface area contributed by atoms with E-state index < -0.39 is 0 Å². The molecule has 1 atom stereocenters. The zero-order chi connectivity index (χ0) is 14.7. The SMILES string of the molecule is CCNC(c1cc(C)nc(C)c1)c1cc(F)ccc1Cl. The number of hydrogen-bond acceptors (Lipinski definition) is 2. The maximum atomic E-state index is 13.5. The van der Waals surface area contributed by atoms with Crippen molar-refractivity contribution in [3.8, 4) is 0 Å². The maximum Gasteiger partial charge on any atom is 0.123 e. The molecule has 0 bridgehead atoms. The smallest absolute Gasteiger partial charge is 0.123 e. The van der Waals surface area contributed by atoms with Gasteiger partial charge in [-0.05, 0) is 61.9 Å². The minimum atomic E-state index is -0.283. The summed E-state index contributed by atoms with van der Waals surface area (Å²) in [6.07, 6.45) is 0. The zero-order valence-electron chi connectivity index (χ0n) is 11.9. The minimum absolute atomic E-state index is 0.136. The van der Waals surface area contributed by atoms with Crippen LogP contribution in [0.4, 0.5) is 4.39 Å². The Bertz CT molecular complexity index is 593. The summed E-state index contributed by atoms with van der Waals surface area (Å²) in [6, 6.07) is 8.32. The second kappa shape index (κ2) is 6.33. The molecule has 2 nitrogen and oxygen atoms in total. The van der Waals surface area contributed by atoms with Gasteiger partial charge in [0.05, 0.1) is 6.04 Å². The number of aromatic nitrogens is 1. The summed E-state index contributed by atoms with van der Waals surface area (Å²) in [5, 5.41) is 3.92. The summed E-state index contributed by atoms with van der Waals surface area (Å²) in [4.78, 5) is 4.38. The van der Waals surface area contributed by atoms with Crippen LogP contribution in [0.15, 0.2) is 30.3 Å². The third-order valence-corrected chi connectivity index (χ3v) is 3.46. The maximum absolute atomic E-state index is 13.5. The lowest BCUT2D eigenvalue weighted by Gasteiger charge is -2.21. The molecule has 2 rings (SSSR count). The van der Waals surface area contributed by atoms with Crippen molar-refractivity contribution < 1.29 is 4.39 Å². The van der Waals surface area contributed by atoms with E-state index in [9.17, 15) is 4.39 Å². The fraction of sp³-hybridized carbons (Fsp3) is 0.312. The van der Waals surface area contributed by atoms with Crippen molar-refractivity contribution in [2.24, 2.45) is 0 Å². The van der Waals surface area contributed by atoms with Crippen molar-refractivity contribution in [3.63, 3.8) is 0 Å². The van der Waals surface area contributed by atoms with Crippen molar-refractivity contribution in [3.05, 3.63) is 63.7 Å². The number of pyridine rings is 1. The Kier molecular flexibility index (Phi) is 4.73. The first-order valence-corrected chi connectivity index (χ1v) is 7.02. The van der Waals surface area contributed by atoms with Gasteiger partial charge in [0.25, 0.3) is 0 Å². The van der Waals surface area contributed by atoms with E-state index in [1.165, 1.54) is 12.1 Å². The van der Waals surface area contributed by atoms with Crippen molar-refractivity contribution in [1.29, 1.82) is 0 Å². The summed E-state index contributed by atoms with van der Waals surface area (Å²) >= 11 is 6.23.